The maximum absolute atomic E-state index is 11.8. The Morgan fingerprint density at radius 2 is 2.18 bits per heavy atom. The molecule has 0 radical (unpaired) electrons. The second-order valence-corrected chi connectivity index (χ2v) is 5.30. The fourth-order valence-corrected chi connectivity index (χ4v) is 1.76. The van der Waals surface area contributed by atoms with Crippen molar-refractivity contribution in [2.24, 2.45) is 18.2 Å². The van der Waals surface area contributed by atoms with Gasteiger partial charge in [0.05, 0.1) is 12.1 Å². The summed E-state index contributed by atoms with van der Waals surface area (Å²) in [6.07, 6.45) is 4.58. The van der Waals surface area contributed by atoms with E-state index in [1.165, 1.54) is 0 Å². The number of carbonyl (C=O) groups excluding carboxylic acids is 1. The molecule has 1 heterocycles. The van der Waals surface area contributed by atoms with Crippen molar-refractivity contribution in [3.63, 3.8) is 0 Å². The first kappa shape index (κ1) is 13.8. The van der Waals surface area contributed by atoms with E-state index < -0.39 is 0 Å². The van der Waals surface area contributed by atoms with Crippen molar-refractivity contribution < 1.29 is 4.79 Å². The number of aryl methyl sites for hydroxylation is 1. The van der Waals surface area contributed by atoms with Crippen LogP contribution in [0.5, 0.6) is 0 Å². The first-order valence-corrected chi connectivity index (χ1v) is 6.00. The lowest BCUT2D eigenvalue weighted by atomic mass is 9.83. The normalized spacial score (nSPS) is 11.8. The lowest BCUT2D eigenvalue weighted by Gasteiger charge is -2.23. The third-order valence-corrected chi connectivity index (χ3v) is 2.93. The van der Waals surface area contributed by atoms with E-state index in [0.717, 1.165) is 18.5 Å². The van der Waals surface area contributed by atoms with Crippen LogP contribution in [0.15, 0.2) is 6.20 Å². The van der Waals surface area contributed by atoms with Crippen molar-refractivity contribution in [3.8, 4) is 0 Å². The Hall–Kier alpha value is -1.23. The van der Waals surface area contributed by atoms with E-state index in [1.807, 2.05) is 0 Å². The fraction of sp³-hybridized carbons (Fsp3) is 0.750. The van der Waals surface area contributed by atoms with Gasteiger partial charge in [-0.25, -0.2) is 0 Å². The highest BCUT2D eigenvalue weighted by Crippen LogP contribution is 2.26. The van der Waals surface area contributed by atoms with Gasteiger partial charge in [-0.1, -0.05) is 19.1 Å². The molecule has 5 heteroatoms. The van der Waals surface area contributed by atoms with E-state index in [1.54, 1.807) is 17.9 Å². The molecule has 2 N–H and O–H groups in total. The number of nitrogens with two attached hydrogens (primary N) is 1. The van der Waals surface area contributed by atoms with Crippen molar-refractivity contribution in [1.29, 1.82) is 0 Å². The van der Waals surface area contributed by atoms with Crippen LogP contribution in [0, 0.1) is 5.41 Å². The third kappa shape index (κ3) is 5.08. The molecule has 1 rings (SSSR count). The molecule has 0 atom stereocenters. The van der Waals surface area contributed by atoms with E-state index in [0.29, 0.717) is 19.4 Å². The van der Waals surface area contributed by atoms with Crippen LogP contribution in [0.1, 0.15) is 38.8 Å². The number of rotatable bonds is 7. The van der Waals surface area contributed by atoms with Gasteiger partial charge in [0.15, 0.2) is 0 Å². The number of hydrogen-bond donors (Lipinski definition) is 1. The number of Topliss-reactive ketones (excluding diaryl/α,β-unsaturated/α-hetero) is 1. The summed E-state index contributed by atoms with van der Waals surface area (Å²) in [5, 5.41) is 7.71. The molecule has 17 heavy (non-hydrogen) atoms. The molecule has 0 saturated heterocycles. The number of hydrogen-bond acceptors (Lipinski definition) is 4. The van der Waals surface area contributed by atoms with Crippen LogP contribution in [0.25, 0.3) is 0 Å². The fourth-order valence-electron chi connectivity index (χ4n) is 1.76. The highest BCUT2D eigenvalue weighted by molar-refractivity contribution is 5.80. The zero-order valence-electron chi connectivity index (χ0n) is 10.9. The van der Waals surface area contributed by atoms with E-state index in [-0.39, 0.29) is 11.2 Å². The van der Waals surface area contributed by atoms with Gasteiger partial charge >= 0.3 is 0 Å². The van der Waals surface area contributed by atoms with Crippen molar-refractivity contribution in [3.05, 3.63) is 11.9 Å². The molecular weight excluding hydrogens is 216 g/mol. The number of aromatic nitrogens is 3. The number of carbonyl (C=O) groups is 1. The molecule has 0 aromatic carbocycles. The summed E-state index contributed by atoms with van der Waals surface area (Å²) in [7, 11) is 1.80. The molecule has 0 fully saturated rings. The van der Waals surface area contributed by atoms with Gasteiger partial charge in [-0.15, -0.1) is 5.10 Å². The van der Waals surface area contributed by atoms with Crippen LogP contribution in [0.3, 0.4) is 0 Å². The Morgan fingerprint density at radius 1 is 1.47 bits per heavy atom. The maximum atomic E-state index is 11.8. The van der Waals surface area contributed by atoms with Gasteiger partial charge < -0.3 is 5.73 Å². The molecule has 1 aromatic heterocycles. The van der Waals surface area contributed by atoms with Crippen LogP contribution in [0.2, 0.25) is 0 Å². The Morgan fingerprint density at radius 3 is 2.71 bits per heavy atom. The zero-order chi connectivity index (χ0) is 12.9. The monoisotopic (exact) mass is 238 g/mol. The van der Waals surface area contributed by atoms with Crippen LogP contribution in [-0.4, -0.2) is 27.3 Å². The lowest BCUT2D eigenvalue weighted by Crippen LogP contribution is -2.18. The molecule has 0 aliphatic heterocycles. The predicted molar refractivity (Wildman–Crippen MR) is 66.4 cm³/mol. The van der Waals surface area contributed by atoms with E-state index in [9.17, 15) is 4.79 Å². The Labute approximate surface area is 102 Å². The highest BCUT2D eigenvalue weighted by Gasteiger charge is 2.18. The minimum absolute atomic E-state index is 0.146. The van der Waals surface area contributed by atoms with Crippen molar-refractivity contribution in [1.82, 2.24) is 15.0 Å². The summed E-state index contributed by atoms with van der Waals surface area (Å²) in [4.78, 5) is 11.8. The first-order valence-electron chi connectivity index (χ1n) is 6.00. The highest BCUT2D eigenvalue weighted by atomic mass is 16.1. The van der Waals surface area contributed by atoms with E-state index >= 15 is 0 Å². The third-order valence-electron chi connectivity index (χ3n) is 2.93. The molecule has 0 bridgehead atoms. The second kappa shape index (κ2) is 5.91. The largest absolute Gasteiger partial charge is 0.330 e. The Balaban J connectivity index is 2.35. The summed E-state index contributed by atoms with van der Waals surface area (Å²) in [5.74, 6) is 0.218. The zero-order valence-corrected chi connectivity index (χ0v) is 10.9. The molecule has 5 nitrogen and oxygen atoms in total. The van der Waals surface area contributed by atoms with Gasteiger partial charge in [0.2, 0.25) is 0 Å². The topological polar surface area (TPSA) is 73.8 Å². The minimum atomic E-state index is 0.146. The molecule has 0 aliphatic rings. The summed E-state index contributed by atoms with van der Waals surface area (Å²) in [6, 6.07) is 0. The number of nitrogens with zero attached hydrogens (tertiary/aromatic N) is 3. The summed E-state index contributed by atoms with van der Waals surface area (Å²) in [5.41, 5.74) is 6.43. The number of ketones is 1. The van der Waals surface area contributed by atoms with Gasteiger partial charge in [-0.05, 0) is 24.8 Å². The molecule has 96 valence electrons. The van der Waals surface area contributed by atoms with Gasteiger partial charge in [0.1, 0.15) is 5.78 Å². The molecule has 1 aromatic rings. The van der Waals surface area contributed by atoms with Crippen LogP contribution < -0.4 is 5.73 Å². The van der Waals surface area contributed by atoms with Crippen LogP contribution >= 0.6 is 0 Å². The molecule has 0 spiro atoms. The quantitative estimate of drug-likeness (QED) is 0.771. The maximum Gasteiger partial charge on any atom is 0.138 e. The average molecular weight is 238 g/mol. The molecule has 0 unspecified atom stereocenters. The standard InChI is InChI=1S/C12H22N4O/c1-12(2,6-7-13)5-4-11(17)8-10-9-16(3)15-14-10/h9H,4-8,13H2,1-3H3. The van der Waals surface area contributed by atoms with Gasteiger partial charge in [-0.3, -0.25) is 9.48 Å². The van der Waals surface area contributed by atoms with Crippen molar-refractivity contribution in [2.75, 3.05) is 6.54 Å². The smallest absolute Gasteiger partial charge is 0.138 e. The lowest BCUT2D eigenvalue weighted by molar-refractivity contribution is -0.119. The SMILES string of the molecule is Cn1cc(CC(=O)CCC(C)(C)CCN)nn1. The van der Waals surface area contributed by atoms with Gasteiger partial charge in [0.25, 0.3) is 0 Å². The van der Waals surface area contributed by atoms with Crippen molar-refractivity contribution >= 4 is 5.78 Å². The van der Waals surface area contributed by atoms with Crippen LogP contribution in [-0.2, 0) is 18.3 Å². The minimum Gasteiger partial charge on any atom is -0.330 e. The Kier molecular flexibility index (Phi) is 4.81. The summed E-state index contributed by atoms with van der Waals surface area (Å²) < 4.78 is 1.61. The summed E-state index contributed by atoms with van der Waals surface area (Å²) in [6.45, 7) is 4.97. The second-order valence-electron chi connectivity index (χ2n) is 5.30. The van der Waals surface area contributed by atoms with Gasteiger partial charge in [-0.2, -0.15) is 0 Å². The van der Waals surface area contributed by atoms with E-state index in [2.05, 4.69) is 24.2 Å². The van der Waals surface area contributed by atoms with Gasteiger partial charge in [0, 0.05) is 19.7 Å². The molecule has 0 saturated carbocycles. The molecule has 0 aliphatic carbocycles. The predicted octanol–water partition coefficient (Wildman–Crippen LogP) is 1.08. The van der Waals surface area contributed by atoms with Crippen LogP contribution in [0.4, 0.5) is 0 Å². The summed E-state index contributed by atoms with van der Waals surface area (Å²) >= 11 is 0. The first-order chi connectivity index (χ1) is 7.93. The molecular formula is C12H22N4O. The van der Waals surface area contributed by atoms with Crippen molar-refractivity contribution in [2.45, 2.75) is 39.5 Å². The molecule has 0 amide bonds. The Bertz CT molecular complexity index is 370. The average Bonchev–Trinajstić information content (AvgIpc) is 2.61. The van der Waals surface area contributed by atoms with E-state index in [4.69, 9.17) is 5.73 Å².